The van der Waals surface area contributed by atoms with Gasteiger partial charge in [0.25, 0.3) is 5.91 Å². The van der Waals surface area contributed by atoms with E-state index in [4.69, 9.17) is 10.1 Å². The van der Waals surface area contributed by atoms with Gasteiger partial charge in [-0.3, -0.25) is 9.78 Å². The van der Waals surface area contributed by atoms with Crippen LogP contribution in [0.15, 0.2) is 89.6 Å². The van der Waals surface area contributed by atoms with E-state index in [1.54, 1.807) is 49.6 Å². The van der Waals surface area contributed by atoms with Gasteiger partial charge in [-0.1, -0.05) is 24.3 Å². The summed E-state index contributed by atoms with van der Waals surface area (Å²) in [4.78, 5) is 21.4. The van der Waals surface area contributed by atoms with E-state index in [0.717, 1.165) is 6.21 Å². The number of nitrogens with one attached hydrogen (secondary N) is 2. The number of carbonyl (C=O) groups is 1. The predicted octanol–water partition coefficient (Wildman–Crippen LogP) is 5.20. The van der Waals surface area contributed by atoms with Crippen molar-refractivity contribution in [1.82, 2.24) is 19.7 Å². The van der Waals surface area contributed by atoms with Crippen LogP contribution in [0.25, 0.3) is 16.6 Å². The molecule has 5 rings (SSSR count). The van der Waals surface area contributed by atoms with Crippen molar-refractivity contribution in [2.24, 2.45) is 10.2 Å². The molecule has 3 N–H and O–H groups in total. The zero-order valence-corrected chi connectivity index (χ0v) is 19.5. The lowest BCUT2D eigenvalue weighted by Crippen LogP contribution is -2.12. The molecule has 0 saturated carbocycles. The maximum atomic E-state index is 13.1. The second-order valence-corrected chi connectivity index (χ2v) is 7.77. The number of amides is 1. The molecule has 0 aliphatic rings. The van der Waals surface area contributed by atoms with Crippen LogP contribution in [0, 0.1) is 5.41 Å². The molecule has 11 nitrogen and oxygen atoms in total. The summed E-state index contributed by atoms with van der Waals surface area (Å²) >= 11 is 0. The van der Waals surface area contributed by atoms with E-state index in [9.17, 15) is 9.90 Å². The fourth-order valence-electron chi connectivity index (χ4n) is 3.69. The van der Waals surface area contributed by atoms with Crippen LogP contribution in [0.1, 0.15) is 15.9 Å². The molecule has 0 saturated heterocycles. The quantitative estimate of drug-likeness (QED) is 0.210. The zero-order valence-electron chi connectivity index (χ0n) is 19.5. The van der Waals surface area contributed by atoms with Crippen molar-refractivity contribution in [3.8, 4) is 17.3 Å². The summed E-state index contributed by atoms with van der Waals surface area (Å²) < 4.78 is 6.53. The number of hydrogen-bond donors (Lipinski definition) is 3. The topological polar surface area (TPSA) is 151 Å². The van der Waals surface area contributed by atoms with Crippen molar-refractivity contribution in [1.29, 1.82) is 5.41 Å². The number of aromatic nitrogens is 4. The molecule has 2 heterocycles. The molecule has 0 spiro atoms. The van der Waals surface area contributed by atoms with E-state index < -0.39 is 5.91 Å². The molecule has 0 fully saturated rings. The maximum absolute atomic E-state index is 13.1. The highest BCUT2D eigenvalue weighted by atomic mass is 16.5. The third kappa shape index (κ3) is 4.60. The average molecular weight is 492 g/mol. The van der Waals surface area contributed by atoms with Crippen LogP contribution in [-0.4, -0.2) is 44.1 Å². The Morgan fingerprint density at radius 2 is 1.92 bits per heavy atom. The van der Waals surface area contributed by atoms with Crippen molar-refractivity contribution in [2.75, 3.05) is 12.4 Å². The molecule has 1 amide bonds. The molecule has 11 heteroatoms. The number of fused-ring (bicyclic) bond motifs is 1. The zero-order chi connectivity index (χ0) is 25.8. The average Bonchev–Trinajstić information content (AvgIpc) is 3.36. The highest BCUT2D eigenvalue weighted by molar-refractivity contribution is 6.11. The number of anilines is 1. The molecule has 0 radical (unpaired) electrons. The van der Waals surface area contributed by atoms with E-state index in [0.29, 0.717) is 33.6 Å². The number of rotatable bonds is 7. The third-order valence-electron chi connectivity index (χ3n) is 5.53. The summed E-state index contributed by atoms with van der Waals surface area (Å²) in [6.45, 7) is 0. The Morgan fingerprint density at radius 3 is 2.65 bits per heavy atom. The van der Waals surface area contributed by atoms with Gasteiger partial charge in [0.15, 0.2) is 17.4 Å². The molecule has 0 atom stereocenters. The second-order valence-electron chi connectivity index (χ2n) is 7.77. The minimum absolute atomic E-state index is 0.0261. The Labute approximate surface area is 210 Å². The van der Waals surface area contributed by atoms with Crippen molar-refractivity contribution >= 4 is 40.1 Å². The number of carbonyl (C=O) groups excluding carboxylic acids is 1. The van der Waals surface area contributed by atoms with Crippen LogP contribution in [0.5, 0.6) is 11.5 Å². The first-order valence-electron chi connectivity index (χ1n) is 11.1. The fraction of sp³-hybridized carbons (Fsp3) is 0.0385. The Morgan fingerprint density at radius 1 is 1.11 bits per heavy atom. The molecular formula is C26H20N8O3. The molecular weight excluding hydrogens is 472 g/mol. The number of phenolic OH excluding ortho intramolecular Hbond substituents is 1. The standard InChI is InChI=1S/C26H20N8O3/c1-37-19-8-6-18(7-9-19)31-26(36)21-12-16-4-2-3-5-20(16)23(24(21)35)32-33-25-17(13-27)14-30-34(25)22-15-28-10-11-29-22/h2-15,27,35H,1H3,(H,31,36). The van der Waals surface area contributed by atoms with Gasteiger partial charge in [-0.2, -0.15) is 9.78 Å². The minimum atomic E-state index is -0.519. The largest absolute Gasteiger partial charge is 0.505 e. The Balaban J connectivity index is 1.57. The summed E-state index contributed by atoms with van der Waals surface area (Å²) in [5.41, 5.74) is 1.04. The van der Waals surface area contributed by atoms with Gasteiger partial charge >= 0.3 is 0 Å². The molecule has 0 aliphatic carbocycles. The fourth-order valence-corrected chi connectivity index (χ4v) is 3.69. The number of phenols is 1. The van der Waals surface area contributed by atoms with Gasteiger partial charge in [-0.05, 0) is 35.7 Å². The van der Waals surface area contributed by atoms with E-state index in [2.05, 4.69) is 30.6 Å². The van der Waals surface area contributed by atoms with E-state index in [-0.39, 0.29) is 22.8 Å². The monoisotopic (exact) mass is 492 g/mol. The van der Waals surface area contributed by atoms with Crippen LogP contribution in [0.2, 0.25) is 0 Å². The van der Waals surface area contributed by atoms with Crippen molar-refractivity contribution < 1.29 is 14.6 Å². The SMILES string of the molecule is COc1ccc(NC(=O)c2cc3ccccc3c(N=Nc3c(C=N)cnn3-c3cnccn3)c2O)cc1. The first-order chi connectivity index (χ1) is 18.1. The number of methoxy groups -OCH3 is 1. The lowest BCUT2D eigenvalue weighted by Gasteiger charge is -2.11. The number of azo groups is 1. The first-order valence-corrected chi connectivity index (χ1v) is 11.1. The number of ether oxygens (including phenoxy) is 1. The summed E-state index contributed by atoms with van der Waals surface area (Å²) in [6.07, 6.45) is 7.07. The molecule has 0 aliphatic heterocycles. The molecule has 37 heavy (non-hydrogen) atoms. The van der Waals surface area contributed by atoms with Gasteiger partial charge in [0.2, 0.25) is 0 Å². The number of aromatic hydroxyl groups is 1. The lowest BCUT2D eigenvalue weighted by molar-refractivity contribution is 0.102. The summed E-state index contributed by atoms with van der Waals surface area (Å²) in [6, 6.07) is 15.6. The van der Waals surface area contributed by atoms with Crippen molar-refractivity contribution in [2.45, 2.75) is 0 Å². The molecule has 2 aromatic heterocycles. The molecule has 5 aromatic rings. The molecule has 0 bridgehead atoms. The van der Waals surface area contributed by atoms with Gasteiger partial charge in [-0.25, -0.2) is 4.98 Å². The van der Waals surface area contributed by atoms with E-state index in [1.165, 1.54) is 29.5 Å². The van der Waals surface area contributed by atoms with Gasteiger partial charge < -0.3 is 20.6 Å². The molecule has 0 unspecified atom stereocenters. The molecule has 3 aromatic carbocycles. The Bertz CT molecular complexity index is 1630. The van der Waals surface area contributed by atoms with E-state index >= 15 is 0 Å². The maximum Gasteiger partial charge on any atom is 0.259 e. The number of nitrogens with zero attached hydrogens (tertiary/aromatic N) is 6. The number of hydrogen-bond acceptors (Lipinski definition) is 9. The highest BCUT2D eigenvalue weighted by Crippen LogP contribution is 2.40. The summed E-state index contributed by atoms with van der Waals surface area (Å²) in [5, 5.41) is 35.7. The van der Waals surface area contributed by atoms with Gasteiger partial charge in [0.1, 0.15) is 11.4 Å². The summed E-state index contributed by atoms with van der Waals surface area (Å²) in [7, 11) is 1.56. The van der Waals surface area contributed by atoms with Gasteiger partial charge in [0.05, 0.1) is 30.6 Å². The van der Waals surface area contributed by atoms with Crippen LogP contribution in [-0.2, 0) is 0 Å². The van der Waals surface area contributed by atoms with Gasteiger partial charge in [0, 0.05) is 29.7 Å². The first kappa shape index (κ1) is 23.3. The van der Waals surface area contributed by atoms with Crippen LogP contribution in [0.4, 0.5) is 17.2 Å². The van der Waals surface area contributed by atoms with Gasteiger partial charge in [-0.15, -0.1) is 10.2 Å². The normalized spacial score (nSPS) is 11.1. The smallest absolute Gasteiger partial charge is 0.259 e. The van der Waals surface area contributed by atoms with E-state index in [1.807, 2.05) is 12.1 Å². The summed E-state index contributed by atoms with van der Waals surface area (Å²) in [5.74, 6) is 0.391. The minimum Gasteiger partial charge on any atom is -0.505 e. The second kappa shape index (κ2) is 10.0. The van der Waals surface area contributed by atoms with Crippen molar-refractivity contribution in [3.05, 3.63) is 90.5 Å². The Hall–Kier alpha value is -5.45. The van der Waals surface area contributed by atoms with Crippen LogP contribution < -0.4 is 10.1 Å². The third-order valence-corrected chi connectivity index (χ3v) is 5.53. The number of benzene rings is 3. The predicted molar refractivity (Wildman–Crippen MR) is 138 cm³/mol. The highest BCUT2D eigenvalue weighted by Gasteiger charge is 2.19. The van der Waals surface area contributed by atoms with Crippen LogP contribution in [0.3, 0.4) is 0 Å². The Kier molecular flexibility index (Phi) is 6.32. The molecule has 182 valence electrons. The van der Waals surface area contributed by atoms with Crippen LogP contribution >= 0.6 is 0 Å². The lowest BCUT2D eigenvalue weighted by atomic mass is 10.0. The van der Waals surface area contributed by atoms with Crippen molar-refractivity contribution in [3.63, 3.8) is 0 Å².